The van der Waals surface area contributed by atoms with E-state index in [2.05, 4.69) is 22.9 Å². The number of carbonyl (C=O) groups excluding carboxylic acids is 2. The number of amides is 2. The van der Waals surface area contributed by atoms with E-state index in [9.17, 15) is 9.59 Å². The van der Waals surface area contributed by atoms with Crippen molar-refractivity contribution in [2.24, 2.45) is 0 Å². The van der Waals surface area contributed by atoms with Crippen LogP contribution in [0.5, 0.6) is 0 Å². The van der Waals surface area contributed by atoms with Crippen LogP contribution in [0.3, 0.4) is 0 Å². The molecule has 0 spiro atoms. The first kappa shape index (κ1) is 23.1. The lowest BCUT2D eigenvalue weighted by molar-refractivity contribution is -0.124. The van der Waals surface area contributed by atoms with Gasteiger partial charge in [-0.05, 0) is 56.9 Å². The Morgan fingerprint density at radius 3 is 2.77 bits per heavy atom. The maximum atomic E-state index is 12.7. The fraction of sp³-hybridized carbons (Fsp3) is 0.556. The van der Waals surface area contributed by atoms with Crippen LogP contribution in [0.4, 0.5) is 0 Å². The van der Waals surface area contributed by atoms with Crippen molar-refractivity contribution >= 4 is 47.6 Å². The Morgan fingerprint density at radius 1 is 1.38 bits per heavy atom. The van der Waals surface area contributed by atoms with Gasteiger partial charge >= 0.3 is 0 Å². The van der Waals surface area contributed by atoms with Gasteiger partial charge in [0.1, 0.15) is 6.04 Å². The first-order valence-corrected chi connectivity index (χ1v) is 10.4. The highest BCUT2D eigenvalue weighted by Gasteiger charge is 2.27. The molecular formula is C18H27Cl2N3O2S. The maximum absolute atomic E-state index is 12.7. The van der Waals surface area contributed by atoms with Crippen LogP contribution in [0.1, 0.15) is 36.5 Å². The summed E-state index contributed by atoms with van der Waals surface area (Å²) in [6.45, 7) is 3.05. The molecule has 0 saturated carbocycles. The Hall–Kier alpha value is -0.950. The van der Waals surface area contributed by atoms with Gasteiger partial charge in [-0.3, -0.25) is 9.59 Å². The van der Waals surface area contributed by atoms with Crippen molar-refractivity contribution in [3.05, 3.63) is 34.9 Å². The van der Waals surface area contributed by atoms with Gasteiger partial charge in [0.05, 0.1) is 10.6 Å². The molecule has 1 heterocycles. The van der Waals surface area contributed by atoms with Gasteiger partial charge in [-0.1, -0.05) is 23.7 Å². The van der Waals surface area contributed by atoms with Crippen molar-refractivity contribution in [2.45, 2.75) is 44.3 Å². The molecular weight excluding hydrogens is 393 g/mol. The normalized spacial score (nSPS) is 20.6. The zero-order chi connectivity index (χ0) is 18.2. The van der Waals surface area contributed by atoms with Crippen LogP contribution in [0.15, 0.2) is 24.3 Å². The molecule has 0 radical (unpaired) electrons. The van der Waals surface area contributed by atoms with Crippen molar-refractivity contribution in [1.82, 2.24) is 16.0 Å². The van der Waals surface area contributed by atoms with E-state index in [4.69, 9.17) is 11.6 Å². The minimum Gasteiger partial charge on any atom is -0.350 e. The third kappa shape index (κ3) is 6.65. The SMILES string of the molecule is CSCCC(NC(=O)c1ccccc1Cl)C(=O)NC1CCCNC1C.Cl. The number of carbonyl (C=O) groups is 2. The summed E-state index contributed by atoms with van der Waals surface area (Å²) in [5.41, 5.74) is 0.388. The van der Waals surface area contributed by atoms with Crippen LogP contribution in [-0.4, -0.2) is 48.5 Å². The molecule has 1 aromatic rings. The molecule has 3 N–H and O–H groups in total. The summed E-state index contributed by atoms with van der Waals surface area (Å²) < 4.78 is 0. The van der Waals surface area contributed by atoms with E-state index in [0.717, 1.165) is 25.1 Å². The van der Waals surface area contributed by atoms with Crippen molar-refractivity contribution in [3.63, 3.8) is 0 Å². The van der Waals surface area contributed by atoms with Crippen LogP contribution in [0, 0.1) is 0 Å². The number of hydrogen-bond acceptors (Lipinski definition) is 4. The van der Waals surface area contributed by atoms with Crippen LogP contribution >= 0.6 is 35.8 Å². The molecule has 146 valence electrons. The Labute approximate surface area is 170 Å². The van der Waals surface area contributed by atoms with Gasteiger partial charge in [-0.15, -0.1) is 12.4 Å². The number of nitrogens with one attached hydrogen (secondary N) is 3. The summed E-state index contributed by atoms with van der Waals surface area (Å²) in [5, 5.41) is 9.69. The molecule has 1 aliphatic heterocycles. The van der Waals surface area contributed by atoms with Crippen LogP contribution < -0.4 is 16.0 Å². The summed E-state index contributed by atoms with van der Waals surface area (Å²) >= 11 is 7.74. The predicted octanol–water partition coefficient (Wildman–Crippen LogP) is 2.87. The number of halogens is 2. The monoisotopic (exact) mass is 419 g/mol. The van der Waals surface area contributed by atoms with E-state index in [1.165, 1.54) is 0 Å². The molecule has 5 nitrogen and oxygen atoms in total. The maximum Gasteiger partial charge on any atom is 0.253 e. The lowest BCUT2D eigenvalue weighted by Gasteiger charge is -2.32. The Balaban J connectivity index is 0.00000338. The van der Waals surface area contributed by atoms with Crippen molar-refractivity contribution < 1.29 is 9.59 Å². The molecule has 1 aliphatic rings. The van der Waals surface area contributed by atoms with E-state index >= 15 is 0 Å². The second-order valence-electron chi connectivity index (χ2n) is 6.29. The van der Waals surface area contributed by atoms with E-state index < -0.39 is 6.04 Å². The molecule has 1 aromatic carbocycles. The summed E-state index contributed by atoms with van der Waals surface area (Å²) in [6, 6.07) is 6.62. The highest BCUT2D eigenvalue weighted by atomic mass is 35.5. The molecule has 1 fully saturated rings. The zero-order valence-corrected chi connectivity index (χ0v) is 17.5. The largest absolute Gasteiger partial charge is 0.350 e. The van der Waals surface area contributed by atoms with Gasteiger partial charge in [-0.2, -0.15) is 11.8 Å². The molecule has 1 saturated heterocycles. The fourth-order valence-electron chi connectivity index (χ4n) is 2.91. The van der Waals surface area contributed by atoms with E-state index in [1.807, 2.05) is 6.26 Å². The number of piperidine rings is 1. The summed E-state index contributed by atoms with van der Waals surface area (Å²) in [7, 11) is 0. The van der Waals surface area contributed by atoms with Crippen molar-refractivity contribution in [2.75, 3.05) is 18.6 Å². The van der Waals surface area contributed by atoms with E-state index in [-0.39, 0.29) is 36.3 Å². The van der Waals surface area contributed by atoms with Gasteiger partial charge in [-0.25, -0.2) is 0 Å². The number of thioether (sulfide) groups is 1. The van der Waals surface area contributed by atoms with E-state index in [1.54, 1.807) is 36.0 Å². The van der Waals surface area contributed by atoms with Crippen LogP contribution in [0.2, 0.25) is 5.02 Å². The summed E-state index contributed by atoms with van der Waals surface area (Å²) in [4.78, 5) is 25.2. The van der Waals surface area contributed by atoms with Gasteiger partial charge < -0.3 is 16.0 Å². The minimum atomic E-state index is -0.564. The Bertz CT molecular complexity index is 604. The summed E-state index contributed by atoms with van der Waals surface area (Å²) in [5.74, 6) is 0.344. The van der Waals surface area contributed by atoms with Crippen molar-refractivity contribution in [3.8, 4) is 0 Å². The predicted molar refractivity (Wildman–Crippen MR) is 112 cm³/mol. The number of benzene rings is 1. The Kier molecular flexibility index (Phi) is 10.4. The standard InChI is InChI=1S/C18H26ClN3O2S.ClH/c1-12-15(8-5-10-20-12)21-18(24)16(9-11-25-2)22-17(23)13-6-3-4-7-14(13)19;/h3-4,6-7,12,15-16,20H,5,8-11H2,1-2H3,(H,21,24)(H,22,23);1H. The average Bonchev–Trinajstić information content (AvgIpc) is 2.60. The first-order valence-electron chi connectivity index (χ1n) is 8.61. The highest BCUT2D eigenvalue weighted by molar-refractivity contribution is 7.98. The third-order valence-electron chi connectivity index (χ3n) is 4.44. The fourth-order valence-corrected chi connectivity index (χ4v) is 3.60. The molecule has 3 atom stereocenters. The van der Waals surface area contributed by atoms with Crippen LogP contribution in [-0.2, 0) is 4.79 Å². The third-order valence-corrected chi connectivity index (χ3v) is 5.41. The van der Waals surface area contributed by atoms with Crippen molar-refractivity contribution in [1.29, 1.82) is 0 Å². The molecule has 2 rings (SSSR count). The number of hydrogen-bond donors (Lipinski definition) is 3. The molecule has 0 aliphatic carbocycles. The minimum absolute atomic E-state index is 0. The zero-order valence-electron chi connectivity index (χ0n) is 15.1. The smallest absolute Gasteiger partial charge is 0.253 e. The first-order chi connectivity index (χ1) is 12.0. The van der Waals surface area contributed by atoms with Gasteiger partial charge in [0.2, 0.25) is 5.91 Å². The Morgan fingerprint density at radius 2 is 2.12 bits per heavy atom. The summed E-state index contributed by atoms with van der Waals surface area (Å²) in [6.07, 6.45) is 4.56. The molecule has 0 bridgehead atoms. The number of rotatable bonds is 7. The van der Waals surface area contributed by atoms with Gasteiger partial charge in [0.15, 0.2) is 0 Å². The van der Waals surface area contributed by atoms with Crippen LogP contribution in [0.25, 0.3) is 0 Å². The average molecular weight is 420 g/mol. The molecule has 8 heteroatoms. The quantitative estimate of drug-likeness (QED) is 0.635. The van der Waals surface area contributed by atoms with E-state index in [0.29, 0.717) is 17.0 Å². The topological polar surface area (TPSA) is 70.2 Å². The molecule has 0 aromatic heterocycles. The molecule has 26 heavy (non-hydrogen) atoms. The lowest BCUT2D eigenvalue weighted by Crippen LogP contribution is -2.56. The lowest BCUT2D eigenvalue weighted by atomic mass is 9.99. The molecule has 3 unspecified atom stereocenters. The second-order valence-corrected chi connectivity index (χ2v) is 7.68. The molecule has 2 amide bonds. The highest BCUT2D eigenvalue weighted by Crippen LogP contribution is 2.15. The van der Waals surface area contributed by atoms with Gasteiger partial charge in [0, 0.05) is 12.1 Å². The second kappa shape index (κ2) is 11.7. The van der Waals surface area contributed by atoms with Gasteiger partial charge in [0.25, 0.3) is 5.91 Å².